The molecule has 0 radical (unpaired) electrons. The molecule has 116 valence electrons. The summed E-state index contributed by atoms with van der Waals surface area (Å²) in [6, 6.07) is 18.4. The van der Waals surface area contributed by atoms with Crippen LogP contribution in [-0.4, -0.2) is 36.1 Å². The molecule has 0 aromatic heterocycles. The zero-order valence-corrected chi connectivity index (χ0v) is 13.3. The molecule has 2 aromatic carbocycles. The first kappa shape index (κ1) is 16.5. The van der Waals surface area contributed by atoms with Gasteiger partial charge in [-0.3, -0.25) is 4.79 Å². The number of rotatable bonds is 7. The van der Waals surface area contributed by atoms with Gasteiger partial charge in [-0.2, -0.15) is 0 Å². The number of halogens is 1. The molecule has 1 atom stereocenters. The summed E-state index contributed by atoms with van der Waals surface area (Å²) in [7, 11) is 1.89. The monoisotopic (exact) mass is 317 g/mol. The van der Waals surface area contributed by atoms with Crippen molar-refractivity contribution in [2.45, 2.75) is 11.8 Å². The Balaban J connectivity index is 1.96. The Bertz CT molecular complexity index is 598. The fourth-order valence-electron chi connectivity index (χ4n) is 2.27. The van der Waals surface area contributed by atoms with E-state index in [0.717, 1.165) is 11.1 Å². The molecule has 0 fully saturated rings. The third kappa shape index (κ3) is 4.86. The lowest BCUT2D eigenvalue weighted by molar-refractivity contribution is -0.137. The van der Waals surface area contributed by atoms with Crippen LogP contribution in [0.3, 0.4) is 0 Å². The molecule has 1 unspecified atom stereocenters. The summed E-state index contributed by atoms with van der Waals surface area (Å²) in [5.41, 5.74) is 3.38. The van der Waals surface area contributed by atoms with Crippen molar-refractivity contribution in [3.63, 3.8) is 0 Å². The number of benzene rings is 2. The highest BCUT2D eigenvalue weighted by Crippen LogP contribution is 2.25. The Morgan fingerprint density at radius 3 is 2.27 bits per heavy atom. The highest BCUT2D eigenvalue weighted by atomic mass is 35.5. The van der Waals surface area contributed by atoms with Crippen molar-refractivity contribution in [2.75, 3.05) is 20.1 Å². The van der Waals surface area contributed by atoms with Crippen molar-refractivity contribution in [2.24, 2.45) is 0 Å². The predicted molar refractivity (Wildman–Crippen MR) is 90.2 cm³/mol. The van der Waals surface area contributed by atoms with E-state index in [1.807, 2.05) is 42.3 Å². The minimum Gasteiger partial charge on any atom is -0.481 e. The largest absolute Gasteiger partial charge is 0.481 e. The Morgan fingerprint density at radius 2 is 1.68 bits per heavy atom. The van der Waals surface area contributed by atoms with Gasteiger partial charge in [0, 0.05) is 13.1 Å². The number of hydrogen-bond acceptors (Lipinski definition) is 2. The zero-order chi connectivity index (χ0) is 15.9. The maximum Gasteiger partial charge on any atom is 0.304 e. The third-order valence-electron chi connectivity index (χ3n) is 3.56. The van der Waals surface area contributed by atoms with Gasteiger partial charge >= 0.3 is 5.97 Å². The molecule has 0 aliphatic heterocycles. The van der Waals surface area contributed by atoms with Gasteiger partial charge in [0.15, 0.2) is 0 Å². The van der Waals surface area contributed by atoms with E-state index in [2.05, 4.69) is 24.3 Å². The molecule has 0 bridgehead atoms. The van der Waals surface area contributed by atoms with E-state index in [1.54, 1.807) is 0 Å². The van der Waals surface area contributed by atoms with Gasteiger partial charge in [-0.05, 0) is 23.7 Å². The van der Waals surface area contributed by atoms with Crippen LogP contribution in [0.2, 0.25) is 0 Å². The first-order chi connectivity index (χ1) is 10.6. The van der Waals surface area contributed by atoms with Crippen LogP contribution >= 0.6 is 11.6 Å². The van der Waals surface area contributed by atoms with E-state index in [4.69, 9.17) is 16.7 Å². The number of hydrogen-bond donors (Lipinski definition) is 1. The highest BCUT2D eigenvalue weighted by molar-refractivity contribution is 6.21. The Labute approximate surface area is 136 Å². The van der Waals surface area contributed by atoms with E-state index >= 15 is 0 Å². The lowest BCUT2D eigenvalue weighted by atomic mass is 10.0. The molecular formula is C18H20ClNO2. The molecular weight excluding hydrogens is 298 g/mol. The number of carboxylic acid groups (broad SMARTS) is 1. The second-order valence-electron chi connectivity index (χ2n) is 5.36. The van der Waals surface area contributed by atoms with Crippen molar-refractivity contribution in [3.8, 4) is 11.1 Å². The van der Waals surface area contributed by atoms with Crippen LogP contribution in [0, 0.1) is 0 Å². The number of carbonyl (C=O) groups is 1. The molecule has 22 heavy (non-hydrogen) atoms. The van der Waals surface area contributed by atoms with Crippen LogP contribution in [0.25, 0.3) is 11.1 Å². The Hall–Kier alpha value is -1.84. The van der Waals surface area contributed by atoms with E-state index in [-0.39, 0.29) is 11.8 Å². The van der Waals surface area contributed by atoms with Crippen LogP contribution in [0.4, 0.5) is 0 Å². The maximum absolute atomic E-state index is 10.6. The van der Waals surface area contributed by atoms with Gasteiger partial charge in [0.1, 0.15) is 0 Å². The molecule has 0 amide bonds. The minimum atomic E-state index is -0.787. The lowest BCUT2D eigenvalue weighted by Gasteiger charge is -2.19. The molecule has 0 heterocycles. The maximum atomic E-state index is 10.6. The predicted octanol–water partition coefficient (Wildman–Crippen LogP) is 4.04. The van der Waals surface area contributed by atoms with Crippen LogP contribution in [0.1, 0.15) is 17.4 Å². The quantitative estimate of drug-likeness (QED) is 0.783. The molecule has 0 aliphatic rings. The first-order valence-electron chi connectivity index (χ1n) is 7.26. The standard InChI is InChI=1S/C18H20ClNO2/c1-20(12-11-18(21)22)13-17(19)16-9-7-15(8-10-16)14-5-3-2-4-6-14/h2-10,17H,11-13H2,1H3,(H,21,22). The van der Waals surface area contributed by atoms with Crippen LogP contribution in [-0.2, 0) is 4.79 Å². The summed E-state index contributed by atoms with van der Waals surface area (Å²) in [4.78, 5) is 12.5. The molecule has 2 aromatic rings. The van der Waals surface area contributed by atoms with Gasteiger partial charge in [-0.15, -0.1) is 11.6 Å². The normalized spacial score (nSPS) is 12.3. The molecule has 0 saturated heterocycles. The van der Waals surface area contributed by atoms with Crippen molar-refractivity contribution in [1.29, 1.82) is 0 Å². The first-order valence-corrected chi connectivity index (χ1v) is 7.69. The SMILES string of the molecule is CN(CCC(=O)O)CC(Cl)c1ccc(-c2ccccc2)cc1. The Morgan fingerprint density at radius 1 is 1.09 bits per heavy atom. The van der Waals surface area contributed by atoms with Gasteiger partial charge in [0.25, 0.3) is 0 Å². The average Bonchev–Trinajstić information content (AvgIpc) is 2.54. The number of likely N-dealkylation sites (N-methyl/N-ethyl adjacent to an activating group) is 1. The smallest absolute Gasteiger partial charge is 0.304 e. The van der Waals surface area contributed by atoms with Gasteiger partial charge in [0.2, 0.25) is 0 Å². The Kier molecular flexibility index (Phi) is 5.99. The second kappa shape index (κ2) is 7.97. The summed E-state index contributed by atoms with van der Waals surface area (Å²) in [6.07, 6.45) is 0.132. The number of carboxylic acids is 1. The summed E-state index contributed by atoms with van der Waals surface area (Å²) >= 11 is 6.43. The van der Waals surface area contributed by atoms with Crippen molar-refractivity contribution in [1.82, 2.24) is 4.90 Å². The molecule has 0 saturated carbocycles. The van der Waals surface area contributed by atoms with Crippen molar-refractivity contribution in [3.05, 3.63) is 60.2 Å². The lowest BCUT2D eigenvalue weighted by Crippen LogP contribution is -2.25. The van der Waals surface area contributed by atoms with Gasteiger partial charge < -0.3 is 10.0 Å². The fraction of sp³-hybridized carbons (Fsp3) is 0.278. The van der Waals surface area contributed by atoms with Gasteiger partial charge in [0.05, 0.1) is 11.8 Å². The summed E-state index contributed by atoms with van der Waals surface area (Å²) < 4.78 is 0. The minimum absolute atomic E-state index is 0.132. The zero-order valence-electron chi connectivity index (χ0n) is 12.6. The van der Waals surface area contributed by atoms with E-state index in [9.17, 15) is 4.79 Å². The highest BCUT2D eigenvalue weighted by Gasteiger charge is 2.12. The topological polar surface area (TPSA) is 40.5 Å². The summed E-state index contributed by atoms with van der Waals surface area (Å²) in [5, 5.41) is 8.54. The second-order valence-corrected chi connectivity index (χ2v) is 5.89. The van der Waals surface area contributed by atoms with Crippen molar-refractivity contribution < 1.29 is 9.90 Å². The van der Waals surface area contributed by atoms with Crippen LogP contribution < -0.4 is 0 Å². The van der Waals surface area contributed by atoms with E-state index < -0.39 is 5.97 Å². The molecule has 0 aliphatic carbocycles. The molecule has 2 rings (SSSR count). The van der Waals surface area contributed by atoms with Crippen LogP contribution in [0.5, 0.6) is 0 Å². The number of alkyl halides is 1. The molecule has 4 heteroatoms. The number of nitrogens with zero attached hydrogens (tertiary/aromatic N) is 1. The van der Waals surface area contributed by atoms with Crippen molar-refractivity contribution >= 4 is 17.6 Å². The average molecular weight is 318 g/mol. The molecule has 1 N–H and O–H groups in total. The fourth-order valence-corrected chi connectivity index (χ4v) is 2.65. The molecule has 0 spiro atoms. The van der Waals surface area contributed by atoms with E-state index in [1.165, 1.54) is 5.56 Å². The summed E-state index contributed by atoms with van der Waals surface area (Å²) in [6.45, 7) is 1.13. The van der Waals surface area contributed by atoms with Gasteiger partial charge in [-0.1, -0.05) is 54.6 Å². The van der Waals surface area contributed by atoms with E-state index in [0.29, 0.717) is 13.1 Å². The number of aliphatic carboxylic acids is 1. The van der Waals surface area contributed by atoms with Gasteiger partial charge in [-0.25, -0.2) is 0 Å². The van der Waals surface area contributed by atoms with Crippen LogP contribution in [0.15, 0.2) is 54.6 Å². The summed E-state index contributed by atoms with van der Waals surface area (Å²) in [5.74, 6) is -0.787. The third-order valence-corrected chi connectivity index (χ3v) is 3.95. The molecule has 3 nitrogen and oxygen atoms in total.